The zero-order valence-corrected chi connectivity index (χ0v) is 38.6. The number of methoxy groups -OCH3 is 1. The van der Waals surface area contributed by atoms with Gasteiger partial charge in [-0.2, -0.15) is 4.98 Å². The summed E-state index contributed by atoms with van der Waals surface area (Å²) in [5.74, 6) is 3.25. The van der Waals surface area contributed by atoms with Gasteiger partial charge in [-0.05, 0) is 153 Å². The topological polar surface area (TPSA) is 131 Å². The molecule has 0 aromatic carbocycles. The number of nitrogens with one attached hydrogen (secondary N) is 1. The molecule has 0 amide bonds. The van der Waals surface area contributed by atoms with E-state index in [0.29, 0.717) is 67.8 Å². The lowest BCUT2D eigenvalue weighted by Gasteiger charge is -2.72. The van der Waals surface area contributed by atoms with E-state index in [1.807, 2.05) is 0 Å². The zero-order valence-electron chi connectivity index (χ0n) is 37.8. The number of sulfone groups is 1. The zero-order chi connectivity index (χ0) is 42.9. The van der Waals surface area contributed by atoms with E-state index in [9.17, 15) is 18.3 Å². The van der Waals surface area contributed by atoms with E-state index in [2.05, 4.69) is 80.5 Å². The molecule has 8 rings (SSSR count). The number of carboxylic acid groups (broad SMARTS) is 1. The van der Waals surface area contributed by atoms with Gasteiger partial charge in [0.25, 0.3) is 0 Å². The normalized spacial score (nSPS) is 40.8. The minimum atomic E-state index is -2.88. The number of carboxylic acids is 1. The summed E-state index contributed by atoms with van der Waals surface area (Å²) in [4.78, 5) is 23.6. The molecule has 1 aromatic rings. The third-order valence-corrected chi connectivity index (χ3v) is 20.6. The number of aromatic nitrogens is 2. The molecule has 10 atom stereocenters. The molecule has 0 radical (unpaired) electrons. The van der Waals surface area contributed by atoms with Crippen LogP contribution in [0.5, 0.6) is 11.9 Å². The average molecular weight is 847 g/mol. The van der Waals surface area contributed by atoms with Crippen molar-refractivity contribution in [3.63, 3.8) is 0 Å². The summed E-state index contributed by atoms with van der Waals surface area (Å²) >= 11 is 0. The van der Waals surface area contributed by atoms with Crippen molar-refractivity contribution in [3.05, 3.63) is 47.7 Å². The molecular weight excluding hydrogens is 773 g/mol. The monoisotopic (exact) mass is 847 g/mol. The summed E-state index contributed by atoms with van der Waals surface area (Å²) < 4.78 is 35.2. The van der Waals surface area contributed by atoms with Gasteiger partial charge in [-0.25, -0.2) is 13.4 Å². The summed E-state index contributed by atoms with van der Waals surface area (Å²) in [5.41, 5.74) is 4.13. The lowest BCUT2D eigenvalue weighted by atomic mass is 9.33. The van der Waals surface area contributed by atoms with E-state index in [4.69, 9.17) is 9.47 Å². The number of allylic oxidation sites excluding steroid dienone is 5. The number of ether oxygens (including phenoxy) is 2. The summed E-state index contributed by atoms with van der Waals surface area (Å²) in [6.07, 6.45) is 19.8. The highest BCUT2D eigenvalue weighted by molar-refractivity contribution is 7.91. The quantitative estimate of drug-likeness (QED) is 0.197. The number of aliphatic carboxylic acids is 1. The van der Waals surface area contributed by atoms with Gasteiger partial charge in [0.05, 0.1) is 30.6 Å². The molecule has 1 aliphatic heterocycles. The van der Waals surface area contributed by atoms with Gasteiger partial charge in [-0.15, -0.1) is 0 Å². The van der Waals surface area contributed by atoms with Crippen molar-refractivity contribution in [1.82, 2.24) is 20.2 Å². The first-order chi connectivity index (χ1) is 28.3. The van der Waals surface area contributed by atoms with Gasteiger partial charge in [0.15, 0.2) is 9.84 Å². The van der Waals surface area contributed by atoms with Gasteiger partial charge >= 0.3 is 12.0 Å². The second kappa shape index (κ2) is 15.8. The van der Waals surface area contributed by atoms with Crippen LogP contribution in [0, 0.1) is 56.7 Å². The molecule has 0 spiro atoms. The molecule has 10 nitrogen and oxygen atoms in total. The molecule has 1 saturated heterocycles. The molecule has 11 heteroatoms. The summed E-state index contributed by atoms with van der Waals surface area (Å²) in [7, 11) is -1.33. The van der Waals surface area contributed by atoms with E-state index in [1.165, 1.54) is 68.1 Å². The Kier molecular flexibility index (Phi) is 11.5. The van der Waals surface area contributed by atoms with Crippen molar-refractivity contribution in [2.75, 3.05) is 51.4 Å². The average Bonchev–Trinajstić information content (AvgIpc) is 3.59. The van der Waals surface area contributed by atoms with Crippen molar-refractivity contribution in [3.8, 4) is 11.9 Å². The van der Waals surface area contributed by atoms with Gasteiger partial charge < -0.3 is 24.8 Å². The van der Waals surface area contributed by atoms with Crippen LogP contribution in [0.2, 0.25) is 0 Å². The number of hydrogen-bond acceptors (Lipinski definition) is 9. The molecule has 60 heavy (non-hydrogen) atoms. The van der Waals surface area contributed by atoms with Crippen LogP contribution in [-0.2, 0) is 14.6 Å². The standard InChI is InChI=1S/C49H74N4O6S/c1-33(2)35-13-21-49(51-26-27-53-28-31-60(56,57)32-29-53)23-22-46(6)37(41(35)49)9-10-39-45(5)17-14-36(44(3,4)38(45)15-18-47(39,46)7)34-11-19-48(20-12-34,42(54)55)24-30-59-43-50-25-16-40(52-43)58-8/h11,14,16,25,35,37-39,41,51H,1,9-10,12-13,15,17-24,26-32H2,2-8H3,(H,54,55)/t35-,37+,38-,39+,41+,45?,46+,47+,48?,49-/m0/s1. The molecule has 2 N–H and O–H groups in total. The minimum absolute atomic E-state index is 0.00532. The summed E-state index contributed by atoms with van der Waals surface area (Å²) in [5, 5.41) is 14.7. The molecule has 0 bridgehead atoms. The molecular formula is C49H74N4O6S. The van der Waals surface area contributed by atoms with Crippen molar-refractivity contribution < 1.29 is 27.8 Å². The van der Waals surface area contributed by atoms with E-state index in [1.54, 1.807) is 19.4 Å². The largest absolute Gasteiger partial charge is 0.481 e. The fourth-order valence-corrected chi connectivity index (χ4v) is 16.8. The van der Waals surface area contributed by atoms with E-state index in [-0.39, 0.29) is 51.3 Å². The Morgan fingerprint density at radius 3 is 2.42 bits per heavy atom. The molecule has 5 fully saturated rings. The first kappa shape index (κ1) is 43.9. The Bertz CT molecular complexity index is 2000. The maximum atomic E-state index is 12.8. The fraction of sp³-hybridized carbons (Fsp3) is 0.776. The van der Waals surface area contributed by atoms with Crippen LogP contribution in [0.1, 0.15) is 125 Å². The molecule has 2 unspecified atom stereocenters. The van der Waals surface area contributed by atoms with Crippen LogP contribution >= 0.6 is 0 Å². The van der Waals surface area contributed by atoms with Crippen LogP contribution in [-0.4, -0.2) is 91.3 Å². The molecule has 4 saturated carbocycles. The first-order valence-corrected chi connectivity index (χ1v) is 25.1. The van der Waals surface area contributed by atoms with Gasteiger partial charge in [0, 0.05) is 44.0 Å². The highest BCUT2D eigenvalue weighted by Crippen LogP contribution is 2.76. The lowest BCUT2D eigenvalue weighted by molar-refractivity contribution is -0.221. The van der Waals surface area contributed by atoms with Gasteiger partial charge in [0.2, 0.25) is 5.88 Å². The minimum Gasteiger partial charge on any atom is -0.481 e. The van der Waals surface area contributed by atoms with Crippen LogP contribution in [0.4, 0.5) is 0 Å². The highest BCUT2D eigenvalue weighted by atomic mass is 32.2. The van der Waals surface area contributed by atoms with Gasteiger partial charge in [-0.3, -0.25) is 4.79 Å². The number of fused-ring (bicyclic) bond motifs is 7. The Morgan fingerprint density at radius 1 is 0.967 bits per heavy atom. The SMILES string of the molecule is C=C(C)[C@@H]1CC[C@]2(NCCN3CCS(=O)(=O)CC3)CC[C@]3(C)[C@H](CC[C@@H]4C5(C)CC=C(C6=CCC(CCOc7nccc(OC)n7)(C(=O)O)CC6)C(C)(C)[C@@H]5CC[C@]43C)[C@@H]12. The maximum Gasteiger partial charge on any atom is 0.319 e. The number of hydrogen-bond donors (Lipinski definition) is 2. The Hall–Kier alpha value is -2.76. The maximum absolute atomic E-state index is 12.8. The van der Waals surface area contributed by atoms with E-state index < -0.39 is 21.2 Å². The molecule has 332 valence electrons. The summed E-state index contributed by atoms with van der Waals surface area (Å²) in [6, 6.07) is 1.86. The Labute approximate surface area is 360 Å². The van der Waals surface area contributed by atoms with Crippen molar-refractivity contribution in [1.29, 1.82) is 0 Å². The highest BCUT2D eigenvalue weighted by Gasteiger charge is 2.70. The fourth-order valence-electron chi connectivity index (χ4n) is 15.6. The van der Waals surface area contributed by atoms with Gasteiger partial charge in [0.1, 0.15) is 0 Å². The summed E-state index contributed by atoms with van der Waals surface area (Å²) in [6.45, 7) is 23.4. The van der Waals surface area contributed by atoms with Crippen LogP contribution < -0.4 is 14.8 Å². The van der Waals surface area contributed by atoms with E-state index in [0.717, 1.165) is 25.9 Å². The first-order valence-electron chi connectivity index (χ1n) is 23.3. The molecule has 6 aliphatic carbocycles. The van der Waals surface area contributed by atoms with Crippen molar-refractivity contribution >= 4 is 15.8 Å². The van der Waals surface area contributed by atoms with Gasteiger partial charge in [-0.1, -0.05) is 58.9 Å². The Morgan fingerprint density at radius 2 is 1.73 bits per heavy atom. The van der Waals surface area contributed by atoms with Crippen LogP contribution in [0.3, 0.4) is 0 Å². The number of nitrogens with zero attached hydrogens (tertiary/aromatic N) is 3. The second-order valence-electron chi connectivity index (χ2n) is 21.8. The lowest BCUT2D eigenvalue weighted by Crippen LogP contribution is -2.68. The smallest absolute Gasteiger partial charge is 0.319 e. The predicted molar refractivity (Wildman–Crippen MR) is 237 cm³/mol. The second-order valence-corrected chi connectivity index (χ2v) is 24.1. The molecule has 1 aromatic heterocycles. The number of rotatable bonds is 12. The molecule has 7 aliphatic rings. The Balaban J connectivity index is 0.985. The van der Waals surface area contributed by atoms with Crippen molar-refractivity contribution in [2.45, 2.75) is 131 Å². The van der Waals surface area contributed by atoms with Crippen molar-refractivity contribution in [2.24, 2.45) is 56.7 Å². The molecule has 2 heterocycles. The number of carbonyl (C=O) groups is 1. The van der Waals surface area contributed by atoms with E-state index >= 15 is 0 Å². The third-order valence-electron chi connectivity index (χ3n) is 19.0. The van der Waals surface area contributed by atoms with Crippen LogP contribution in [0.15, 0.2) is 47.7 Å². The predicted octanol–water partition coefficient (Wildman–Crippen LogP) is 8.70. The third kappa shape index (κ3) is 7.20. The van der Waals surface area contributed by atoms with Crippen LogP contribution in [0.25, 0.3) is 0 Å².